The molecule has 3 saturated carbocycles. The van der Waals surface area contributed by atoms with Crippen molar-refractivity contribution in [3.8, 4) is 0 Å². The van der Waals surface area contributed by atoms with Gasteiger partial charge >= 0.3 is 0 Å². The van der Waals surface area contributed by atoms with Crippen molar-refractivity contribution in [1.29, 1.82) is 0 Å². The molecule has 4 unspecified atom stereocenters. The molecular formula is C27H44O2. The molecule has 0 aliphatic heterocycles. The number of Topliss-reactive ketones (excluding diaryl/α,β-unsaturated/α-hetero) is 1. The summed E-state index contributed by atoms with van der Waals surface area (Å²) in [5, 5.41) is 9.31. The zero-order chi connectivity index (χ0) is 20.8. The fourth-order valence-corrected chi connectivity index (χ4v) is 8.36. The first-order valence-electron chi connectivity index (χ1n) is 12.6. The minimum absolute atomic E-state index is 0.332. The predicted molar refractivity (Wildman–Crippen MR) is 119 cm³/mol. The topological polar surface area (TPSA) is 37.3 Å². The highest BCUT2D eigenvalue weighted by Gasteiger charge is 2.58. The van der Waals surface area contributed by atoms with Crippen molar-refractivity contribution in [3.05, 3.63) is 11.6 Å². The van der Waals surface area contributed by atoms with E-state index in [4.69, 9.17) is 0 Å². The number of fused-ring (bicyclic) bond motifs is 5. The SMILES string of the molecule is CC(CCC[C@@H](C)CO)[C@H]1CCC2C3=CCC4CC(=O)CC[C@]4(C)C3CC[C@@]21C. The average Bonchev–Trinajstić information content (AvgIpc) is 3.05. The van der Waals surface area contributed by atoms with Gasteiger partial charge in [-0.25, -0.2) is 0 Å². The van der Waals surface area contributed by atoms with Crippen LogP contribution in [0.25, 0.3) is 0 Å². The summed E-state index contributed by atoms with van der Waals surface area (Å²) >= 11 is 0. The smallest absolute Gasteiger partial charge is 0.133 e. The highest BCUT2D eigenvalue weighted by atomic mass is 16.3. The van der Waals surface area contributed by atoms with E-state index in [1.54, 1.807) is 0 Å². The van der Waals surface area contributed by atoms with Crippen LogP contribution in [0.4, 0.5) is 0 Å². The number of ketones is 1. The number of rotatable bonds is 6. The Morgan fingerprint density at radius 1 is 1.07 bits per heavy atom. The summed E-state index contributed by atoms with van der Waals surface area (Å²) in [5.74, 6) is 4.76. The molecule has 4 rings (SSSR count). The molecule has 2 heteroatoms. The molecular weight excluding hydrogens is 356 g/mol. The number of allylic oxidation sites excluding steroid dienone is 2. The standard InChI is InChI=1S/C27H44O2/c1-18(17-28)6-5-7-19(2)23-10-11-24-22-9-8-20-16-21(29)12-14-26(20,3)25(22)13-15-27(23,24)4/h9,18-20,23-25,28H,5-8,10-17H2,1-4H3/t18-,19?,20?,23-,24?,25?,26+,27-/m1/s1. The molecule has 4 aliphatic rings. The van der Waals surface area contributed by atoms with Gasteiger partial charge in [-0.1, -0.05) is 52.2 Å². The summed E-state index contributed by atoms with van der Waals surface area (Å²) in [6, 6.07) is 0. The monoisotopic (exact) mass is 400 g/mol. The lowest BCUT2D eigenvalue weighted by Crippen LogP contribution is -2.49. The Labute approximate surface area is 178 Å². The van der Waals surface area contributed by atoms with E-state index in [9.17, 15) is 9.90 Å². The van der Waals surface area contributed by atoms with Crippen LogP contribution in [0.3, 0.4) is 0 Å². The third-order valence-electron chi connectivity index (χ3n) is 10.3. The maximum absolute atomic E-state index is 12.1. The van der Waals surface area contributed by atoms with E-state index in [1.165, 1.54) is 44.9 Å². The van der Waals surface area contributed by atoms with Crippen molar-refractivity contribution < 1.29 is 9.90 Å². The van der Waals surface area contributed by atoms with Crippen molar-refractivity contribution in [3.63, 3.8) is 0 Å². The summed E-state index contributed by atoms with van der Waals surface area (Å²) in [5.41, 5.74) is 2.68. The third-order valence-corrected chi connectivity index (χ3v) is 10.3. The molecule has 3 fully saturated rings. The average molecular weight is 401 g/mol. The number of carbonyl (C=O) groups is 1. The van der Waals surface area contributed by atoms with Gasteiger partial charge in [0.15, 0.2) is 0 Å². The van der Waals surface area contributed by atoms with E-state index in [0.717, 1.165) is 49.4 Å². The molecule has 1 N–H and O–H groups in total. The van der Waals surface area contributed by atoms with Crippen LogP contribution in [-0.2, 0) is 4.79 Å². The van der Waals surface area contributed by atoms with Gasteiger partial charge in [-0.2, -0.15) is 0 Å². The minimum atomic E-state index is 0.332. The Balaban J connectivity index is 1.47. The molecule has 0 aromatic carbocycles. The molecule has 4 aliphatic carbocycles. The first-order valence-corrected chi connectivity index (χ1v) is 12.6. The summed E-state index contributed by atoms with van der Waals surface area (Å²) in [6.07, 6.45) is 15.8. The lowest BCUT2D eigenvalue weighted by molar-refractivity contribution is -0.127. The largest absolute Gasteiger partial charge is 0.396 e. The van der Waals surface area contributed by atoms with Crippen LogP contribution in [0, 0.1) is 46.3 Å². The molecule has 164 valence electrons. The van der Waals surface area contributed by atoms with Crippen LogP contribution in [0.15, 0.2) is 11.6 Å². The van der Waals surface area contributed by atoms with Gasteiger partial charge in [0.25, 0.3) is 0 Å². The lowest BCUT2D eigenvalue weighted by atomic mass is 9.47. The molecule has 8 atom stereocenters. The first kappa shape index (κ1) is 21.6. The molecule has 0 aromatic rings. The van der Waals surface area contributed by atoms with Crippen LogP contribution in [0.5, 0.6) is 0 Å². The summed E-state index contributed by atoms with van der Waals surface area (Å²) in [6.45, 7) is 10.2. The fraction of sp³-hybridized carbons (Fsp3) is 0.889. The Morgan fingerprint density at radius 3 is 2.59 bits per heavy atom. The van der Waals surface area contributed by atoms with Gasteiger partial charge in [0.05, 0.1) is 0 Å². The van der Waals surface area contributed by atoms with Crippen LogP contribution in [0.1, 0.15) is 98.3 Å². The minimum Gasteiger partial charge on any atom is -0.396 e. The van der Waals surface area contributed by atoms with Crippen LogP contribution in [-0.4, -0.2) is 17.5 Å². The number of hydrogen-bond acceptors (Lipinski definition) is 2. The van der Waals surface area contributed by atoms with Crippen molar-refractivity contribution in [2.45, 2.75) is 98.3 Å². The molecule has 0 spiro atoms. The lowest BCUT2D eigenvalue weighted by Gasteiger charge is -2.57. The van der Waals surface area contributed by atoms with E-state index in [0.29, 0.717) is 35.1 Å². The number of carbonyl (C=O) groups excluding carboxylic acids is 1. The van der Waals surface area contributed by atoms with Crippen LogP contribution in [0.2, 0.25) is 0 Å². The Morgan fingerprint density at radius 2 is 1.83 bits per heavy atom. The quantitative estimate of drug-likeness (QED) is 0.512. The van der Waals surface area contributed by atoms with Gasteiger partial charge in [0.1, 0.15) is 5.78 Å². The second kappa shape index (κ2) is 8.13. The zero-order valence-electron chi connectivity index (χ0n) is 19.4. The van der Waals surface area contributed by atoms with E-state index in [2.05, 4.69) is 33.8 Å². The van der Waals surface area contributed by atoms with Gasteiger partial charge in [0.2, 0.25) is 0 Å². The first-order chi connectivity index (χ1) is 13.8. The van der Waals surface area contributed by atoms with Crippen LogP contribution >= 0.6 is 0 Å². The van der Waals surface area contributed by atoms with Crippen LogP contribution < -0.4 is 0 Å². The molecule has 0 heterocycles. The van der Waals surface area contributed by atoms with Gasteiger partial charge in [-0.05, 0) is 91.3 Å². The van der Waals surface area contributed by atoms with E-state index < -0.39 is 0 Å². The van der Waals surface area contributed by atoms with Gasteiger partial charge < -0.3 is 5.11 Å². The van der Waals surface area contributed by atoms with E-state index in [1.807, 2.05) is 5.57 Å². The van der Waals surface area contributed by atoms with Crippen molar-refractivity contribution in [2.24, 2.45) is 46.3 Å². The molecule has 29 heavy (non-hydrogen) atoms. The summed E-state index contributed by atoms with van der Waals surface area (Å²) < 4.78 is 0. The summed E-state index contributed by atoms with van der Waals surface area (Å²) in [7, 11) is 0. The highest BCUT2D eigenvalue weighted by Crippen LogP contribution is 2.66. The highest BCUT2D eigenvalue weighted by molar-refractivity contribution is 5.79. The number of hydrogen-bond donors (Lipinski definition) is 1. The predicted octanol–water partition coefficient (Wildman–Crippen LogP) is 6.57. The molecule has 0 aromatic heterocycles. The Kier molecular flexibility index (Phi) is 6.06. The maximum Gasteiger partial charge on any atom is 0.133 e. The molecule has 0 radical (unpaired) electrons. The molecule has 2 nitrogen and oxygen atoms in total. The van der Waals surface area contributed by atoms with E-state index >= 15 is 0 Å². The van der Waals surface area contributed by atoms with Gasteiger partial charge in [-0.3, -0.25) is 4.79 Å². The molecule has 0 amide bonds. The third kappa shape index (κ3) is 3.66. The van der Waals surface area contributed by atoms with Crippen molar-refractivity contribution in [2.75, 3.05) is 6.61 Å². The second-order valence-electron chi connectivity index (χ2n) is 11.9. The van der Waals surface area contributed by atoms with Crippen molar-refractivity contribution in [1.82, 2.24) is 0 Å². The molecule has 0 saturated heterocycles. The summed E-state index contributed by atoms with van der Waals surface area (Å²) in [4.78, 5) is 12.1. The Bertz CT molecular complexity index is 651. The van der Waals surface area contributed by atoms with E-state index in [-0.39, 0.29) is 0 Å². The Hall–Kier alpha value is -0.630. The second-order valence-corrected chi connectivity index (χ2v) is 11.9. The van der Waals surface area contributed by atoms with Gasteiger partial charge in [0, 0.05) is 19.4 Å². The fourth-order valence-electron chi connectivity index (χ4n) is 8.36. The number of aliphatic hydroxyl groups excluding tert-OH is 1. The molecule has 0 bridgehead atoms. The number of aliphatic hydroxyl groups is 1. The van der Waals surface area contributed by atoms with Crippen molar-refractivity contribution >= 4 is 5.78 Å². The maximum atomic E-state index is 12.1. The van der Waals surface area contributed by atoms with Gasteiger partial charge in [-0.15, -0.1) is 0 Å². The normalized spacial score (nSPS) is 43.8. The zero-order valence-corrected chi connectivity index (χ0v) is 19.4.